The molecule has 1 aromatic carbocycles. The number of ether oxygens (including phenoxy) is 2. The molecular weight excluding hydrogens is 406 g/mol. The summed E-state index contributed by atoms with van der Waals surface area (Å²) in [7, 11) is 1.34. The summed E-state index contributed by atoms with van der Waals surface area (Å²) in [6.07, 6.45) is 0. The average Bonchev–Trinajstić information content (AvgIpc) is 3.26. The summed E-state index contributed by atoms with van der Waals surface area (Å²) in [5.74, 6) is 0.134. The number of carbonyl (C=O) groups excluding carboxylic acids is 2. The summed E-state index contributed by atoms with van der Waals surface area (Å²) < 4.78 is 10.7. The van der Waals surface area contributed by atoms with E-state index >= 15 is 0 Å². The quantitative estimate of drug-likeness (QED) is 0.514. The van der Waals surface area contributed by atoms with E-state index in [9.17, 15) is 9.59 Å². The van der Waals surface area contributed by atoms with E-state index in [2.05, 4.69) is 11.4 Å². The van der Waals surface area contributed by atoms with Crippen molar-refractivity contribution in [2.24, 2.45) is 0 Å². The predicted octanol–water partition coefficient (Wildman–Crippen LogP) is 5.66. The van der Waals surface area contributed by atoms with Crippen LogP contribution < -0.4 is 10.1 Å². The van der Waals surface area contributed by atoms with Gasteiger partial charge in [0.25, 0.3) is 5.91 Å². The number of rotatable bonds is 6. The van der Waals surface area contributed by atoms with Gasteiger partial charge in [0.1, 0.15) is 17.4 Å². The van der Waals surface area contributed by atoms with E-state index in [4.69, 9.17) is 9.47 Å². The molecule has 0 aliphatic rings. The van der Waals surface area contributed by atoms with Gasteiger partial charge in [-0.3, -0.25) is 4.79 Å². The maximum atomic E-state index is 12.7. The minimum absolute atomic E-state index is 0.251. The number of carbonyl (C=O) groups is 2. The number of anilines is 1. The lowest BCUT2D eigenvalue weighted by Crippen LogP contribution is -2.13. The van der Waals surface area contributed by atoms with Crippen LogP contribution in [0.4, 0.5) is 5.00 Å². The first-order chi connectivity index (χ1) is 13.8. The number of hydrogen-bond acceptors (Lipinski definition) is 6. The number of thiophene rings is 2. The molecule has 0 fully saturated rings. The monoisotopic (exact) mass is 429 g/mol. The van der Waals surface area contributed by atoms with Crippen LogP contribution in [-0.4, -0.2) is 19.0 Å². The van der Waals surface area contributed by atoms with Crippen LogP contribution in [0.15, 0.2) is 29.6 Å². The van der Waals surface area contributed by atoms with Gasteiger partial charge in [0.2, 0.25) is 0 Å². The zero-order valence-electron chi connectivity index (χ0n) is 17.0. The maximum Gasteiger partial charge on any atom is 0.341 e. The minimum Gasteiger partial charge on any atom is -0.489 e. The molecule has 0 aliphatic carbocycles. The molecule has 3 aromatic rings. The normalized spacial score (nSPS) is 10.7. The van der Waals surface area contributed by atoms with E-state index in [1.807, 2.05) is 51.3 Å². The van der Waals surface area contributed by atoms with E-state index in [1.54, 1.807) is 0 Å². The van der Waals surface area contributed by atoms with E-state index in [1.165, 1.54) is 35.3 Å². The van der Waals surface area contributed by atoms with Crippen LogP contribution in [0.25, 0.3) is 0 Å². The fourth-order valence-corrected chi connectivity index (χ4v) is 4.76. The molecule has 0 saturated heterocycles. The Bertz CT molecular complexity index is 1060. The van der Waals surface area contributed by atoms with Gasteiger partial charge in [0.15, 0.2) is 0 Å². The molecule has 7 heteroatoms. The molecule has 1 N–H and O–H groups in total. The SMILES string of the molecule is COC(=O)c1c(NC(=O)c2cc(COc3ccc(C)cc3C)cs2)sc(C)c1C. The van der Waals surface area contributed by atoms with Crippen molar-refractivity contribution in [2.75, 3.05) is 12.4 Å². The lowest BCUT2D eigenvalue weighted by Gasteiger charge is -2.08. The summed E-state index contributed by atoms with van der Waals surface area (Å²) in [4.78, 5) is 26.3. The third kappa shape index (κ3) is 4.68. The molecule has 152 valence electrons. The average molecular weight is 430 g/mol. The highest BCUT2D eigenvalue weighted by atomic mass is 32.1. The first kappa shape index (κ1) is 21.1. The zero-order valence-corrected chi connectivity index (χ0v) is 18.7. The van der Waals surface area contributed by atoms with E-state index in [0.29, 0.717) is 22.0 Å². The molecule has 0 atom stereocenters. The van der Waals surface area contributed by atoms with Crippen LogP contribution in [0.3, 0.4) is 0 Å². The maximum absolute atomic E-state index is 12.7. The van der Waals surface area contributed by atoms with Gasteiger partial charge in [-0.2, -0.15) is 0 Å². The Morgan fingerprint density at radius 2 is 1.86 bits per heavy atom. The summed E-state index contributed by atoms with van der Waals surface area (Å²) >= 11 is 2.72. The number of amides is 1. The second kappa shape index (κ2) is 8.80. The molecule has 0 unspecified atom stereocenters. The van der Waals surface area contributed by atoms with E-state index in [-0.39, 0.29) is 5.91 Å². The van der Waals surface area contributed by atoms with Gasteiger partial charge in [0, 0.05) is 10.4 Å². The van der Waals surface area contributed by atoms with Crippen molar-refractivity contribution in [3.05, 3.63) is 67.2 Å². The first-order valence-electron chi connectivity index (χ1n) is 9.07. The van der Waals surface area contributed by atoms with Gasteiger partial charge < -0.3 is 14.8 Å². The summed E-state index contributed by atoms with van der Waals surface area (Å²) in [6, 6.07) is 7.86. The molecule has 2 aromatic heterocycles. The summed E-state index contributed by atoms with van der Waals surface area (Å²) in [6.45, 7) is 8.21. The Hall–Kier alpha value is -2.64. The molecule has 29 heavy (non-hydrogen) atoms. The van der Waals surface area contributed by atoms with Gasteiger partial charge in [-0.05, 0) is 56.3 Å². The molecule has 0 saturated carbocycles. The third-order valence-corrected chi connectivity index (χ3v) is 6.70. The Morgan fingerprint density at radius 3 is 2.55 bits per heavy atom. The Labute approximate surface area is 178 Å². The largest absolute Gasteiger partial charge is 0.489 e. The number of methoxy groups -OCH3 is 1. The topological polar surface area (TPSA) is 64.6 Å². The number of nitrogens with one attached hydrogen (secondary N) is 1. The number of esters is 1. The minimum atomic E-state index is -0.448. The number of hydrogen-bond donors (Lipinski definition) is 1. The van der Waals surface area contributed by atoms with Crippen LogP contribution in [-0.2, 0) is 11.3 Å². The number of aryl methyl sites for hydroxylation is 3. The molecule has 0 aliphatic heterocycles. The lowest BCUT2D eigenvalue weighted by atomic mass is 10.1. The summed E-state index contributed by atoms with van der Waals surface area (Å²) in [5.41, 5.74) is 4.43. The second-order valence-corrected chi connectivity index (χ2v) is 8.95. The predicted molar refractivity (Wildman–Crippen MR) is 118 cm³/mol. The van der Waals surface area contributed by atoms with Crippen molar-refractivity contribution in [2.45, 2.75) is 34.3 Å². The van der Waals surface area contributed by atoms with Crippen molar-refractivity contribution in [3.63, 3.8) is 0 Å². The Kier molecular flexibility index (Phi) is 6.39. The van der Waals surface area contributed by atoms with Crippen molar-refractivity contribution >= 4 is 39.6 Å². The van der Waals surface area contributed by atoms with Crippen LogP contribution in [0.2, 0.25) is 0 Å². The van der Waals surface area contributed by atoms with Crippen LogP contribution in [0.5, 0.6) is 5.75 Å². The highest BCUT2D eigenvalue weighted by molar-refractivity contribution is 7.17. The standard InChI is InChI=1S/C22H23NO4S2/c1-12-6-7-17(13(2)8-12)27-10-16-9-18(28-11-16)20(24)23-21-19(22(25)26-5)14(3)15(4)29-21/h6-9,11H,10H2,1-5H3,(H,23,24). The molecule has 3 rings (SSSR count). The smallest absolute Gasteiger partial charge is 0.341 e. The molecule has 1 amide bonds. The van der Waals surface area contributed by atoms with Gasteiger partial charge in [0.05, 0.1) is 17.6 Å². The van der Waals surface area contributed by atoms with Gasteiger partial charge >= 0.3 is 5.97 Å². The fraction of sp³-hybridized carbons (Fsp3) is 0.273. The Morgan fingerprint density at radius 1 is 1.10 bits per heavy atom. The van der Waals surface area contributed by atoms with Crippen molar-refractivity contribution < 1.29 is 19.1 Å². The molecular formula is C22H23NO4S2. The molecule has 0 bridgehead atoms. The molecule has 0 radical (unpaired) electrons. The second-order valence-electron chi connectivity index (χ2n) is 6.81. The van der Waals surface area contributed by atoms with E-state index < -0.39 is 5.97 Å². The molecule has 2 heterocycles. The van der Waals surface area contributed by atoms with Crippen molar-refractivity contribution in [3.8, 4) is 5.75 Å². The van der Waals surface area contributed by atoms with E-state index in [0.717, 1.165) is 27.3 Å². The van der Waals surface area contributed by atoms with Crippen LogP contribution in [0, 0.1) is 27.7 Å². The van der Waals surface area contributed by atoms with Gasteiger partial charge in [-0.15, -0.1) is 22.7 Å². The molecule has 5 nitrogen and oxygen atoms in total. The molecule has 0 spiro atoms. The number of benzene rings is 1. The first-order valence-corrected chi connectivity index (χ1v) is 10.8. The van der Waals surface area contributed by atoms with Crippen molar-refractivity contribution in [1.29, 1.82) is 0 Å². The van der Waals surface area contributed by atoms with Crippen LogP contribution in [0.1, 0.15) is 47.2 Å². The van der Waals surface area contributed by atoms with Crippen LogP contribution >= 0.6 is 22.7 Å². The summed E-state index contributed by atoms with van der Waals surface area (Å²) in [5, 5.41) is 5.27. The fourth-order valence-electron chi connectivity index (χ4n) is 2.92. The lowest BCUT2D eigenvalue weighted by molar-refractivity contribution is 0.0601. The highest BCUT2D eigenvalue weighted by Gasteiger charge is 2.22. The third-order valence-electron chi connectivity index (χ3n) is 4.60. The highest BCUT2D eigenvalue weighted by Crippen LogP contribution is 2.33. The zero-order chi connectivity index (χ0) is 21.1. The van der Waals surface area contributed by atoms with Crippen molar-refractivity contribution in [1.82, 2.24) is 0 Å². The van der Waals surface area contributed by atoms with Gasteiger partial charge in [-0.1, -0.05) is 17.7 Å². The Balaban J connectivity index is 1.70. The van der Waals surface area contributed by atoms with Gasteiger partial charge in [-0.25, -0.2) is 4.79 Å².